The van der Waals surface area contributed by atoms with Gasteiger partial charge in [-0.3, -0.25) is 9.48 Å². The van der Waals surface area contributed by atoms with E-state index >= 15 is 0 Å². The van der Waals surface area contributed by atoms with Crippen LogP contribution in [-0.2, 0) is 24.0 Å². The average molecular weight is 347 g/mol. The molecule has 1 spiro atoms. The van der Waals surface area contributed by atoms with Crippen molar-refractivity contribution in [1.29, 1.82) is 0 Å². The summed E-state index contributed by atoms with van der Waals surface area (Å²) in [6.45, 7) is 1.45. The van der Waals surface area contributed by atoms with Gasteiger partial charge in [-0.15, -0.1) is 0 Å². The van der Waals surface area contributed by atoms with Gasteiger partial charge in [0.25, 0.3) is 5.91 Å². The summed E-state index contributed by atoms with van der Waals surface area (Å²) in [4.78, 5) is 23.4. The Hall–Kier alpha value is -3.06. The fourth-order valence-corrected chi connectivity index (χ4v) is 3.58. The number of amides is 1. The standard InChI is InChI=1S/C19H17N5O2/c1-23-8-7-15(22-23)18(25)24-11-19(12-24)14-9-20-17(21-16(14)10-26-19)13-5-3-2-4-6-13/h2-9H,10-12H2,1H3. The zero-order valence-electron chi connectivity index (χ0n) is 14.3. The van der Waals surface area contributed by atoms with E-state index in [0.717, 1.165) is 16.8 Å². The van der Waals surface area contributed by atoms with E-state index in [1.54, 1.807) is 28.9 Å². The zero-order valence-corrected chi connectivity index (χ0v) is 14.3. The van der Waals surface area contributed by atoms with Gasteiger partial charge in [-0.05, 0) is 6.07 Å². The Morgan fingerprint density at radius 3 is 2.73 bits per heavy atom. The maximum atomic E-state index is 12.5. The molecule has 0 aliphatic carbocycles. The summed E-state index contributed by atoms with van der Waals surface area (Å²) in [5, 5.41) is 4.18. The number of rotatable bonds is 2. The second-order valence-corrected chi connectivity index (χ2v) is 6.74. The van der Waals surface area contributed by atoms with E-state index in [0.29, 0.717) is 31.2 Å². The SMILES string of the molecule is Cn1ccc(C(=O)N2CC3(C2)OCc2nc(-c4ccccc4)ncc23)n1. The Labute approximate surface area is 150 Å². The molecule has 0 saturated carbocycles. The third-order valence-corrected chi connectivity index (χ3v) is 4.99. The van der Waals surface area contributed by atoms with E-state index in [4.69, 9.17) is 4.74 Å². The van der Waals surface area contributed by atoms with E-state index in [1.807, 2.05) is 36.5 Å². The Morgan fingerprint density at radius 2 is 2.00 bits per heavy atom. The highest BCUT2D eigenvalue weighted by molar-refractivity contribution is 5.93. The number of aryl methyl sites for hydroxylation is 1. The van der Waals surface area contributed by atoms with Crippen LogP contribution in [-0.4, -0.2) is 43.6 Å². The first-order chi connectivity index (χ1) is 12.6. The summed E-state index contributed by atoms with van der Waals surface area (Å²) in [6, 6.07) is 11.6. The molecular formula is C19H17N5O2. The normalized spacial score (nSPS) is 17.2. The molecule has 26 heavy (non-hydrogen) atoms. The molecule has 1 amide bonds. The van der Waals surface area contributed by atoms with E-state index in [1.165, 1.54) is 0 Å². The molecule has 1 aromatic carbocycles. The van der Waals surface area contributed by atoms with Crippen LogP contribution in [0.1, 0.15) is 21.7 Å². The number of carbonyl (C=O) groups is 1. The number of hydrogen-bond donors (Lipinski definition) is 0. The first-order valence-corrected chi connectivity index (χ1v) is 8.49. The predicted molar refractivity (Wildman–Crippen MR) is 93.0 cm³/mol. The van der Waals surface area contributed by atoms with Crippen molar-refractivity contribution in [2.75, 3.05) is 13.1 Å². The predicted octanol–water partition coefficient (Wildman–Crippen LogP) is 1.76. The molecule has 7 heteroatoms. The van der Waals surface area contributed by atoms with E-state index in [-0.39, 0.29) is 5.91 Å². The lowest BCUT2D eigenvalue weighted by molar-refractivity contribution is -0.126. The van der Waals surface area contributed by atoms with Gasteiger partial charge in [0.2, 0.25) is 0 Å². The molecule has 1 fully saturated rings. The number of hydrogen-bond acceptors (Lipinski definition) is 5. The van der Waals surface area contributed by atoms with Crippen LogP contribution < -0.4 is 0 Å². The summed E-state index contributed by atoms with van der Waals surface area (Å²) >= 11 is 0. The maximum absolute atomic E-state index is 12.5. The zero-order chi connectivity index (χ0) is 17.7. The van der Waals surface area contributed by atoms with Gasteiger partial charge in [-0.25, -0.2) is 9.97 Å². The molecule has 2 aliphatic heterocycles. The van der Waals surface area contributed by atoms with Crippen LogP contribution in [0, 0.1) is 0 Å². The molecule has 0 N–H and O–H groups in total. The van der Waals surface area contributed by atoms with Crippen molar-refractivity contribution < 1.29 is 9.53 Å². The summed E-state index contributed by atoms with van der Waals surface area (Å²) in [5.74, 6) is 0.626. The lowest BCUT2D eigenvalue weighted by Gasteiger charge is -2.46. The summed E-state index contributed by atoms with van der Waals surface area (Å²) < 4.78 is 7.67. The van der Waals surface area contributed by atoms with Crippen molar-refractivity contribution in [2.24, 2.45) is 7.05 Å². The highest BCUT2D eigenvalue weighted by atomic mass is 16.5. The van der Waals surface area contributed by atoms with Gasteiger partial charge < -0.3 is 9.64 Å². The van der Waals surface area contributed by atoms with Crippen LogP contribution in [0.5, 0.6) is 0 Å². The quantitative estimate of drug-likeness (QED) is 0.706. The molecule has 0 atom stereocenters. The van der Waals surface area contributed by atoms with Crippen molar-refractivity contribution in [2.45, 2.75) is 12.2 Å². The van der Waals surface area contributed by atoms with Crippen LogP contribution in [0.25, 0.3) is 11.4 Å². The lowest BCUT2D eigenvalue weighted by Crippen LogP contribution is -2.61. The molecule has 3 aromatic rings. The van der Waals surface area contributed by atoms with Crippen LogP contribution in [0.4, 0.5) is 0 Å². The number of fused-ring (bicyclic) bond motifs is 2. The number of nitrogens with zero attached hydrogens (tertiary/aromatic N) is 5. The first kappa shape index (κ1) is 15.2. The highest BCUT2D eigenvalue weighted by Gasteiger charge is 2.53. The molecule has 4 heterocycles. The van der Waals surface area contributed by atoms with Gasteiger partial charge in [0.1, 0.15) is 11.3 Å². The Balaban J connectivity index is 1.37. The average Bonchev–Trinajstić information content (AvgIpc) is 3.24. The molecule has 5 rings (SSSR count). The van der Waals surface area contributed by atoms with E-state index in [9.17, 15) is 4.79 Å². The molecule has 0 unspecified atom stereocenters. The van der Waals surface area contributed by atoms with Gasteiger partial charge in [0.05, 0.1) is 25.4 Å². The van der Waals surface area contributed by atoms with Gasteiger partial charge in [-0.1, -0.05) is 30.3 Å². The van der Waals surface area contributed by atoms with Crippen LogP contribution in [0.2, 0.25) is 0 Å². The van der Waals surface area contributed by atoms with Gasteiger partial charge in [-0.2, -0.15) is 5.10 Å². The third-order valence-electron chi connectivity index (χ3n) is 4.99. The highest BCUT2D eigenvalue weighted by Crippen LogP contribution is 2.43. The fraction of sp³-hybridized carbons (Fsp3) is 0.263. The van der Waals surface area contributed by atoms with E-state index < -0.39 is 5.60 Å². The van der Waals surface area contributed by atoms with Crippen molar-refractivity contribution in [3.8, 4) is 11.4 Å². The van der Waals surface area contributed by atoms with E-state index in [2.05, 4.69) is 15.1 Å². The minimum absolute atomic E-state index is 0.0740. The smallest absolute Gasteiger partial charge is 0.274 e. The van der Waals surface area contributed by atoms with Crippen LogP contribution in [0.3, 0.4) is 0 Å². The van der Waals surface area contributed by atoms with Gasteiger partial charge in [0.15, 0.2) is 5.82 Å². The van der Waals surface area contributed by atoms with Gasteiger partial charge >= 0.3 is 0 Å². The minimum atomic E-state index is -0.477. The number of ether oxygens (including phenoxy) is 1. The van der Waals surface area contributed by atoms with Crippen LogP contribution in [0.15, 0.2) is 48.8 Å². The lowest BCUT2D eigenvalue weighted by atomic mass is 9.87. The Kier molecular flexibility index (Phi) is 3.20. The summed E-state index contributed by atoms with van der Waals surface area (Å²) in [7, 11) is 1.80. The summed E-state index contributed by atoms with van der Waals surface area (Å²) in [5.41, 5.74) is 2.86. The molecule has 2 aromatic heterocycles. The largest absolute Gasteiger partial charge is 0.360 e. The van der Waals surface area contributed by atoms with Crippen molar-refractivity contribution in [3.05, 3.63) is 65.7 Å². The summed E-state index contributed by atoms with van der Waals surface area (Å²) in [6.07, 6.45) is 3.61. The van der Waals surface area contributed by atoms with Crippen molar-refractivity contribution >= 4 is 5.91 Å². The van der Waals surface area contributed by atoms with Gasteiger partial charge in [0, 0.05) is 30.6 Å². The monoisotopic (exact) mass is 347 g/mol. The third kappa shape index (κ3) is 2.24. The second-order valence-electron chi connectivity index (χ2n) is 6.74. The number of benzene rings is 1. The molecule has 0 bridgehead atoms. The molecule has 2 aliphatic rings. The Morgan fingerprint density at radius 1 is 1.19 bits per heavy atom. The molecule has 1 saturated heterocycles. The molecule has 7 nitrogen and oxygen atoms in total. The molecular weight excluding hydrogens is 330 g/mol. The minimum Gasteiger partial charge on any atom is -0.360 e. The van der Waals surface area contributed by atoms with Crippen molar-refractivity contribution in [1.82, 2.24) is 24.6 Å². The number of aromatic nitrogens is 4. The number of likely N-dealkylation sites (tertiary alicyclic amines) is 1. The fourth-order valence-electron chi connectivity index (χ4n) is 3.58. The first-order valence-electron chi connectivity index (χ1n) is 8.49. The number of carbonyl (C=O) groups excluding carboxylic acids is 1. The van der Waals surface area contributed by atoms with Crippen LogP contribution >= 0.6 is 0 Å². The second kappa shape index (κ2) is 5.47. The topological polar surface area (TPSA) is 73.1 Å². The van der Waals surface area contributed by atoms with Crippen molar-refractivity contribution in [3.63, 3.8) is 0 Å². The molecule has 130 valence electrons. The maximum Gasteiger partial charge on any atom is 0.274 e. The molecule has 0 radical (unpaired) electrons. The Bertz CT molecular complexity index is 992.